The van der Waals surface area contributed by atoms with Gasteiger partial charge in [-0.2, -0.15) is 4.40 Å². The van der Waals surface area contributed by atoms with Gasteiger partial charge in [0.15, 0.2) is 0 Å². The molecule has 1 aliphatic heterocycles. The summed E-state index contributed by atoms with van der Waals surface area (Å²) < 4.78 is 15.5. The monoisotopic (exact) mass is 272 g/mol. The predicted molar refractivity (Wildman–Crippen MR) is 71.2 cm³/mol. The van der Waals surface area contributed by atoms with Crippen LogP contribution in [0.15, 0.2) is 4.40 Å². The lowest BCUT2D eigenvalue weighted by molar-refractivity contribution is 0.120. The Kier molecular flexibility index (Phi) is 3.49. The summed E-state index contributed by atoms with van der Waals surface area (Å²) >= 11 is 0. The molecule has 1 heterocycles. The number of piperidine rings is 1. The number of hydrogen-bond acceptors (Lipinski definition) is 2. The van der Waals surface area contributed by atoms with E-state index in [-0.39, 0.29) is 12.1 Å². The summed E-state index contributed by atoms with van der Waals surface area (Å²) in [5.41, 5.74) is 0. The molecule has 2 bridgehead atoms. The molecule has 0 spiro atoms. The van der Waals surface area contributed by atoms with Gasteiger partial charge in [0.25, 0.3) is 0 Å². The van der Waals surface area contributed by atoms with E-state index in [4.69, 9.17) is 0 Å². The first-order chi connectivity index (χ1) is 8.30. The Hall–Kier alpha value is -0.910. The van der Waals surface area contributed by atoms with Crippen LogP contribution in [-0.4, -0.2) is 43.4 Å². The van der Waals surface area contributed by atoms with Gasteiger partial charge in [-0.1, -0.05) is 0 Å². The van der Waals surface area contributed by atoms with Crippen molar-refractivity contribution < 1.29 is 14.1 Å². The standard InChI is InChI=1S/C12H20N2O3S/c1-12(2,3)18(17)13-7-10-8-4-5-9(6-8)14(10)11(15)16/h7-10H,4-6H2,1-3H3,(H,15,16). The van der Waals surface area contributed by atoms with Gasteiger partial charge in [-0.15, -0.1) is 0 Å². The fraction of sp³-hybridized carbons (Fsp3) is 0.833. The van der Waals surface area contributed by atoms with Gasteiger partial charge >= 0.3 is 6.09 Å². The zero-order valence-electron chi connectivity index (χ0n) is 11.0. The second kappa shape index (κ2) is 4.64. The van der Waals surface area contributed by atoms with E-state index >= 15 is 0 Å². The van der Waals surface area contributed by atoms with Crippen molar-refractivity contribution >= 4 is 23.3 Å². The molecule has 102 valence electrons. The zero-order chi connectivity index (χ0) is 13.5. The Balaban J connectivity index is 2.11. The summed E-state index contributed by atoms with van der Waals surface area (Å²) in [4.78, 5) is 12.7. The Morgan fingerprint density at radius 1 is 1.44 bits per heavy atom. The molecule has 2 aliphatic rings. The molecule has 1 amide bonds. The van der Waals surface area contributed by atoms with E-state index in [9.17, 15) is 14.1 Å². The highest BCUT2D eigenvalue weighted by molar-refractivity contribution is 7.85. The van der Waals surface area contributed by atoms with Crippen molar-refractivity contribution in [2.24, 2.45) is 10.3 Å². The first kappa shape index (κ1) is 13.5. The molecule has 4 unspecified atom stereocenters. The molecule has 1 aliphatic carbocycles. The quantitative estimate of drug-likeness (QED) is 0.782. The molecule has 0 aromatic rings. The lowest BCUT2D eigenvalue weighted by Gasteiger charge is -2.30. The maximum atomic E-state index is 11.9. The summed E-state index contributed by atoms with van der Waals surface area (Å²) in [6, 6.07) is -0.0560. The third-order valence-corrected chi connectivity index (χ3v) is 5.06. The van der Waals surface area contributed by atoms with Crippen molar-refractivity contribution in [3.8, 4) is 0 Å². The van der Waals surface area contributed by atoms with Gasteiger partial charge < -0.3 is 5.11 Å². The zero-order valence-corrected chi connectivity index (χ0v) is 11.8. The number of fused-ring (bicyclic) bond motifs is 2. The van der Waals surface area contributed by atoms with Crippen LogP contribution >= 0.6 is 0 Å². The SMILES string of the molecule is CC(C)(C)S(=O)N=CC1C2CCC(C2)N1C(=O)O. The summed E-state index contributed by atoms with van der Waals surface area (Å²) in [5, 5.41) is 9.22. The largest absolute Gasteiger partial charge is 0.465 e. The Morgan fingerprint density at radius 3 is 2.67 bits per heavy atom. The van der Waals surface area contributed by atoms with Gasteiger partial charge in [-0.3, -0.25) is 4.90 Å². The Morgan fingerprint density at radius 2 is 2.11 bits per heavy atom. The summed E-state index contributed by atoms with van der Waals surface area (Å²) in [6.07, 6.45) is 3.63. The van der Waals surface area contributed by atoms with E-state index in [1.165, 1.54) is 4.90 Å². The average molecular weight is 272 g/mol. The van der Waals surface area contributed by atoms with E-state index < -0.39 is 21.8 Å². The molecular formula is C12H20N2O3S. The van der Waals surface area contributed by atoms with Gasteiger partial charge in [0.05, 0.1) is 10.8 Å². The molecule has 6 heteroatoms. The molecule has 2 fully saturated rings. The number of amides is 1. The Labute approximate surface area is 110 Å². The van der Waals surface area contributed by atoms with Crippen molar-refractivity contribution in [2.75, 3.05) is 0 Å². The van der Waals surface area contributed by atoms with Crippen LogP contribution in [0.5, 0.6) is 0 Å². The molecular weight excluding hydrogens is 252 g/mol. The molecule has 0 aromatic carbocycles. The molecule has 1 saturated heterocycles. The van der Waals surface area contributed by atoms with Gasteiger partial charge in [0.1, 0.15) is 11.0 Å². The van der Waals surface area contributed by atoms with E-state index in [2.05, 4.69) is 4.40 Å². The molecule has 4 atom stereocenters. The molecule has 1 saturated carbocycles. The van der Waals surface area contributed by atoms with Gasteiger partial charge in [-0.05, 0) is 46.0 Å². The summed E-state index contributed by atoms with van der Waals surface area (Å²) in [7, 11) is -1.31. The number of rotatable bonds is 2. The first-order valence-electron chi connectivity index (χ1n) is 6.28. The van der Waals surface area contributed by atoms with Gasteiger partial charge in [-0.25, -0.2) is 9.00 Å². The van der Waals surface area contributed by atoms with Crippen molar-refractivity contribution in [3.05, 3.63) is 0 Å². The van der Waals surface area contributed by atoms with Crippen molar-refractivity contribution in [1.82, 2.24) is 4.90 Å². The summed E-state index contributed by atoms with van der Waals surface area (Å²) in [6.45, 7) is 5.57. The second-order valence-electron chi connectivity index (χ2n) is 6.02. The molecule has 5 nitrogen and oxygen atoms in total. The number of nitrogens with zero attached hydrogens (tertiary/aromatic N) is 2. The maximum absolute atomic E-state index is 11.9. The third-order valence-electron chi connectivity index (χ3n) is 3.70. The summed E-state index contributed by atoms with van der Waals surface area (Å²) in [5.74, 6) is 0.354. The highest BCUT2D eigenvalue weighted by atomic mass is 32.2. The number of hydrogen-bond donors (Lipinski definition) is 1. The molecule has 0 aromatic heterocycles. The molecule has 0 radical (unpaired) electrons. The fourth-order valence-corrected chi connectivity index (χ4v) is 3.33. The van der Waals surface area contributed by atoms with Crippen LogP contribution in [0.25, 0.3) is 0 Å². The van der Waals surface area contributed by atoms with Crippen molar-refractivity contribution in [3.63, 3.8) is 0 Å². The van der Waals surface area contributed by atoms with Crippen molar-refractivity contribution in [1.29, 1.82) is 0 Å². The minimum Gasteiger partial charge on any atom is -0.465 e. The average Bonchev–Trinajstić information content (AvgIpc) is 2.83. The smallest absolute Gasteiger partial charge is 0.408 e. The highest BCUT2D eigenvalue weighted by Gasteiger charge is 2.47. The first-order valence-corrected chi connectivity index (χ1v) is 7.39. The third kappa shape index (κ3) is 2.43. The van der Waals surface area contributed by atoms with Crippen LogP contribution in [0, 0.1) is 5.92 Å². The Bertz CT molecular complexity index is 403. The molecule has 2 rings (SSSR count). The van der Waals surface area contributed by atoms with Crippen LogP contribution in [0.3, 0.4) is 0 Å². The van der Waals surface area contributed by atoms with E-state index in [0.717, 1.165) is 19.3 Å². The topological polar surface area (TPSA) is 70.0 Å². The number of carboxylic acid groups (broad SMARTS) is 1. The van der Waals surface area contributed by atoms with Crippen LogP contribution in [0.1, 0.15) is 40.0 Å². The van der Waals surface area contributed by atoms with Crippen LogP contribution < -0.4 is 0 Å². The second-order valence-corrected chi connectivity index (χ2v) is 7.96. The molecule has 18 heavy (non-hydrogen) atoms. The minimum atomic E-state index is -1.31. The molecule has 1 N–H and O–H groups in total. The number of likely N-dealkylation sites (tertiary alicyclic amines) is 1. The van der Waals surface area contributed by atoms with Gasteiger partial charge in [0, 0.05) is 12.3 Å². The van der Waals surface area contributed by atoms with E-state index in [1.807, 2.05) is 20.8 Å². The fourth-order valence-electron chi connectivity index (χ4n) is 2.78. The maximum Gasteiger partial charge on any atom is 0.408 e. The minimum absolute atomic E-state index is 0.132. The van der Waals surface area contributed by atoms with Crippen LogP contribution in [-0.2, 0) is 11.0 Å². The van der Waals surface area contributed by atoms with E-state index in [0.29, 0.717) is 5.92 Å². The van der Waals surface area contributed by atoms with E-state index in [1.54, 1.807) is 6.21 Å². The van der Waals surface area contributed by atoms with Crippen molar-refractivity contribution in [2.45, 2.75) is 56.9 Å². The normalized spacial score (nSPS) is 33.3. The predicted octanol–water partition coefficient (Wildman–Crippen LogP) is 2.05. The van der Waals surface area contributed by atoms with Crippen LogP contribution in [0.4, 0.5) is 4.79 Å². The van der Waals surface area contributed by atoms with Crippen LogP contribution in [0.2, 0.25) is 0 Å². The lowest BCUT2D eigenvalue weighted by Crippen LogP contribution is -2.45. The van der Waals surface area contributed by atoms with Gasteiger partial charge in [0.2, 0.25) is 0 Å². The lowest BCUT2D eigenvalue weighted by atomic mass is 10.0. The highest BCUT2D eigenvalue weighted by Crippen LogP contribution is 2.41. The number of carbonyl (C=O) groups is 1.